The van der Waals surface area contributed by atoms with Crippen LogP contribution in [0.15, 0.2) is 218 Å². The first-order chi connectivity index (χ1) is 38.4. The molecule has 2 nitrogen and oxygen atoms in total. The SMILES string of the molecule is Cc1cccc(-c2cc(F)c(N(c3ccc([Si](C)(C)C)cc3)c3ccc4ccc5c(N(c6ccc([Si](C)(C)C)cc6)c6c(F)cc(-c7cccc(C)c7)cc6-c6cccc(C)c6)ccc6ccc3c4c65)c(-c3cccc(C)c3)c2)c1. The van der Waals surface area contributed by atoms with Crippen molar-refractivity contribution in [1.82, 2.24) is 0 Å². The van der Waals surface area contributed by atoms with E-state index < -0.39 is 16.1 Å². The van der Waals surface area contributed by atoms with Gasteiger partial charge in [0.1, 0.15) is 11.6 Å². The molecule has 0 amide bonds. The Morgan fingerprint density at radius 2 is 0.637 bits per heavy atom. The summed E-state index contributed by atoms with van der Waals surface area (Å²) in [7, 11) is -3.42. The van der Waals surface area contributed by atoms with Crippen LogP contribution >= 0.6 is 0 Å². The number of benzene rings is 12. The molecule has 0 fully saturated rings. The van der Waals surface area contributed by atoms with E-state index in [2.05, 4.69) is 271 Å². The highest BCUT2D eigenvalue weighted by molar-refractivity contribution is 6.89. The fourth-order valence-electron chi connectivity index (χ4n) is 11.9. The van der Waals surface area contributed by atoms with Gasteiger partial charge in [-0.25, -0.2) is 8.78 Å². The Kier molecular flexibility index (Phi) is 13.3. The molecule has 0 unspecified atom stereocenters. The number of anilines is 6. The quantitative estimate of drug-likeness (QED) is 0.0889. The monoisotopic (exact) mass is 1080 g/mol. The summed E-state index contributed by atoms with van der Waals surface area (Å²) in [5, 5.41) is 8.83. The second-order valence-electron chi connectivity index (χ2n) is 24.0. The van der Waals surface area contributed by atoms with E-state index >= 15 is 8.78 Å². The molecule has 80 heavy (non-hydrogen) atoms. The highest BCUT2D eigenvalue weighted by atomic mass is 28.3. The number of halogens is 2. The maximum absolute atomic E-state index is 18.2. The molecule has 12 aromatic rings. The maximum atomic E-state index is 18.2. The third-order valence-electron chi connectivity index (χ3n) is 16.0. The van der Waals surface area contributed by atoms with Crippen molar-refractivity contribution < 1.29 is 8.78 Å². The van der Waals surface area contributed by atoms with Gasteiger partial charge >= 0.3 is 0 Å². The maximum Gasteiger partial charge on any atom is 0.148 e. The van der Waals surface area contributed by atoms with Crippen LogP contribution in [0.4, 0.5) is 42.9 Å². The van der Waals surface area contributed by atoms with E-state index in [0.29, 0.717) is 11.4 Å². The van der Waals surface area contributed by atoms with Crippen molar-refractivity contribution in [2.75, 3.05) is 9.80 Å². The Hall–Kier alpha value is -8.43. The number of aryl methyl sites for hydroxylation is 4. The second-order valence-corrected chi connectivity index (χ2v) is 34.2. The van der Waals surface area contributed by atoms with Crippen molar-refractivity contribution in [1.29, 1.82) is 0 Å². The first-order valence-electron chi connectivity index (χ1n) is 27.8. The van der Waals surface area contributed by atoms with Crippen LogP contribution < -0.4 is 20.2 Å². The summed E-state index contributed by atoms with van der Waals surface area (Å²) >= 11 is 0. The van der Waals surface area contributed by atoms with Gasteiger partial charge in [-0.1, -0.05) is 230 Å². The molecule has 12 aromatic carbocycles. The molecule has 0 heterocycles. The fourth-order valence-corrected chi connectivity index (χ4v) is 14.2. The van der Waals surface area contributed by atoms with Gasteiger partial charge in [0.15, 0.2) is 0 Å². The van der Waals surface area contributed by atoms with Crippen LogP contribution in [0, 0.1) is 39.3 Å². The third-order valence-corrected chi connectivity index (χ3v) is 20.1. The van der Waals surface area contributed by atoms with Gasteiger partial charge in [0, 0.05) is 33.3 Å². The summed E-state index contributed by atoms with van der Waals surface area (Å²) in [5.41, 5.74) is 15.8. The van der Waals surface area contributed by atoms with Gasteiger partial charge in [-0.05, 0) is 143 Å². The van der Waals surface area contributed by atoms with Crippen LogP contribution in [-0.2, 0) is 0 Å². The summed E-state index contributed by atoms with van der Waals surface area (Å²) < 4.78 is 36.4. The molecule has 0 radical (unpaired) electrons. The molecule has 0 saturated carbocycles. The predicted molar refractivity (Wildman–Crippen MR) is 346 cm³/mol. The molecule has 394 valence electrons. The molecule has 0 atom stereocenters. The van der Waals surface area contributed by atoms with E-state index in [0.717, 1.165) is 122 Å². The lowest BCUT2D eigenvalue weighted by molar-refractivity contribution is 0.629. The number of hydrogen-bond acceptors (Lipinski definition) is 2. The zero-order valence-electron chi connectivity index (χ0n) is 47.4. The van der Waals surface area contributed by atoms with Crippen LogP contribution in [0.25, 0.3) is 76.8 Å². The van der Waals surface area contributed by atoms with Crippen LogP contribution in [-0.4, -0.2) is 16.1 Å². The van der Waals surface area contributed by atoms with E-state index in [9.17, 15) is 0 Å². The second kappa shape index (κ2) is 20.3. The summed E-state index contributed by atoms with van der Waals surface area (Å²) in [4.78, 5) is 4.30. The van der Waals surface area contributed by atoms with Gasteiger partial charge in [-0.15, -0.1) is 0 Å². The van der Waals surface area contributed by atoms with Gasteiger partial charge in [0.25, 0.3) is 0 Å². The molecule has 12 rings (SSSR count). The molecule has 0 bridgehead atoms. The zero-order chi connectivity index (χ0) is 55.8. The lowest BCUT2D eigenvalue weighted by atomic mass is 9.90. The molecule has 0 spiro atoms. The van der Waals surface area contributed by atoms with Gasteiger partial charge in [0.2, 0.25) is 0 Å². The lowest BCUT2D eigenvalue weighted by Gasteiger charge is -2.32. The fraction of sp³-hybridized carbons (Fsp3) is 0.135. The van der Waals surface area contributed by atoms with E-state index in [4.69, 9.17) is 0 Å². The van der Waals surface area contributed by atoms with Crippen molar-refractivity contribution in [3.8, 4) is 44.5 Å². The summed E-state index contributed by atoms with van der Waals surface area (Å²) in [6.45, 7) is 22.5. The Labute approximate surface area is 472 Å². The largest absolute Gasteiger partial charge is 0.307 e. The molecule has 0 aliphatic rings. The number of rotatable bonds is 12. The molecular weight excluding hydrogens is 1010 g/mol. The van der Waals surface area contributed by atoms with E-state index in [1.54, 1.807) is 12.1 Å². The lowest BCUT2D eigenvalue weighted by Crippen LogP contribution is -2.37. The van der Waals surface area contributed by atoms with E-state index in [1.807, 2.05) is 12.1 Å². The first-order valence-corrected chi connectivity index (χ1v) is 34.8. The zero-order valence-corrected chi connectivity index (χ0v) is 49.4. The van der Waals surface area contributed by atoms with E-state index in [-0.39, 0.29) is 11.6 Å². The van der Waals surface area contributed by atoms with Crippen molar-refractivity contribution in [2.24, 2.45) is 0 Å². The van der Waals surface area contributed by atoms with Crippen LogP contribution in [0.1, 0.15) is 22.3 Å². The minimum absolute atomic E-state index is 0.321. The van der Waals surface area contributed by atoms with Crippen LogP contribution in [0.5, 0.6) is 0 Å². The molecule has 6 heteroatoms. The topological polar surface area (TPSA) is 6.48 Å². The van der Waals surface area contributed by atoms with Gasteiger partial charge in [0.05, 0.1) is 38.9 Å². The van der Waals surface area contributed by atoms with Crippen molar-refractivity contribution in [3.63, 3.8) is 0 Å². The summed E-state index contributed by atoms with van der Waals surface area (Å²) in [6.07, 6.45) is 0. The Morgan fingerprint density at radius 1 is 0.312 bits per heavy atom. The normalized spacial score (nSPS) is 12.0. The molecule has 0 saturated heterocycles. The summed E-state index contributed by atoms with van der Waals surface area (Å²) in [6, 6.07) is 76.3. The number of nitrogens with zero attached hydrogens (tertiary/aromatic N) is 2. The minimum Gasteiger partial charge on any atom is -0.307 e. The average Bonchev–Trinajstić information content (AvgIpc) is 2.79. The molecule has 0 aliphatic carbocycles. The van der Waals surface area contributed by atoms with Crippen molar-refractivity contribution in [3.05, 3.63) is 252 Å². The predicted octanol–water partition coefficient (Wildman–Crippen LogP) is 20.8. The Bertz CT molecular complexity index is 4060. The van der Waals surface area contributed by atoms with Gasteiger partial charge in [-0.3, -0.25) is 0 Å². The highest BCUT2D eigenvalue weighted by Gasteiger charge is 2.30. The standard InChI is InChI=1S/C74H66F2N2Si2/c1-47-15-11-19-53(39-47)57-43-65(55-21-13-17-49(3)41-55)73(67(75)45-57)77(59-27-31-61(32-28-59)79(5,6)7)69-37-25-51-24-36-64-70(38-26-52-23-35-63(69)71(51)72(52)64)78(60-29-33-62(34-30-60)80(8,9)10)74-66(56-22-14-18-50(4)42-56)44-58(46-68(74)76)54-20-12-16-48(2)40-54/h11-46H,1-10H3. The molecule has 0 aromatic heterocycles. The van der Waals surface area contributed by atoms with Crippen molar-refractivity contribution >= 4 is 93.0 Å². The van der Waals surface area contributed by atoms with Crippen LogP contribution in [0.2, 0.25) is 39.3 Å². The van der Waals surface area contributed by atoms with E-state index in [1.165, 1.54) is 10.4 Å². The molecule has 0 N–H and O–H groups in total. The van der Waals surface area contributed by atoms with Gasteiger partial charge < -0.3 is 9.80 Å². The smallest absolute Gasteiger partial charge is 0.148 e. The first kappa shape index (κ1) is 52.3. The summed E-state index contributed by atoms with van der Waals surface area (Å²) in [5.74, 6) is -0.642. The van der Waals surface area contributed by atoms with Crippen LogP contribution in [0.3, 0.4) is 0 Å². The Balaban J connectivity index is 1.14. The minimum atomic E-state index is -1.71. The molecular formula is C74H66F2N2Si2. The molecule has 0 aliphatic heterocycles. The highest BCUT2D eigenvalue weighted by Crippen LogP contribution is 2.52. The average molecular weight is 1080 g/mol. The number of hydrogen-bond donors (Lipinski definition) is 0. The van der Waals surface area contributed by atoms with Gasteiger partial charge in [-0.2, -0.15) is 0 Å². The Morgan fingerprint density at radius 3 is 0.975 bits per heavy atom. The third kappa shape index (κ3) is 9.71. The van der Waals surface area contributed by atoms with Crippen molar-refractivity contribution in [2.45, 2.75) is 67.0 Å².